The molecule has 112 valence electrons. The molecule has 0 aromatic heterocycles. The van der Waals surface area contributed by atoms with Gasteiger partial charge in [0.25, 0.3) is 5.91 Å². The third-order valence-corrected chi connectivity index (χ3v) is 3.80. The van der Waals surface area contributed by atoms with Crippen molar-refractivity contribution in [1.29, 1.82) is 0 Å². The summed E-state index contributed by atoms with van der Waals surface area (Å²) in [6.45, 7) is 0.705. The van der Waals surface area contributed by atoms with E-state index in [4.69, 9.17) is 0 Å². The summed E-state index contributed by atoms with van der Waals surface area (Å²) in [5, 5.41) is 2.91. The summed E-state index contributed by atoms with van der Waals surface area (Å²) < 4.78 is 0. The fourth-order valence-electron chi connectivity index (χ4n) is 2.66. The van der Waals surface area contributed by atoms with Gasteiger partial charge in [-0.1, -0.05) is 30.3 Å². The topological polar surface area (TPSA) is 49.4 Å². The summed E-state index contributed by atoms with van der Waals surface area (Å²) >= 11 is 0. The summed E-state index contributed by atoms with van der Waals surface area (Å²) in [6, 6.07) is 16.5. The van der Waals surface area contributed by atoms with Gasteiger partial charge in [-0.3, -0.25) is 9.59 Å². The Bertz CT molecular complexity index is 682. The largest absolute Gasteiger partial charge is 0.320 e. The molecule has 4 nitrogen and oxygen atoms in total. The molecule has 0 saturated carbocycles. The first-order valence-corrected chi connectivity index (χ1v) is 7.51. The summed E-state index contributed by atoms with van der Waals surface area (Å²) in [4.78, 5) is 26.2. The van der Waals surface area contributed by atoms with Gasteiger partial charge in [-0.2, -0.15) is 0 Å². The maximum absolute atomic E-state index is 12.3. The normalized spacial score (nSPS) is 14.7. The van der Waals surface area contributed by atoms with Gasteiger partial charge < -0.3 is 10.2 Å². The zero-order valence-electron chi connectivity index (χ0n) is 12.3. The van der Waals surface area contributed by atoms with Crippen LogP contribution in [0.2, 0.25) is 0 Å². The number of piperidine rings is 1. The van der Waals surface area contributed by atoms with Crippen LogP contribution < -0.4 is 10.2 Å². The zero-order valence-corrected chi connectivity index (χ0v) is 12.3. The van der Waals surface area contributed by atoms with E-state index in [0.717, 1.165) is 18.5 Å². The summed E-state index contributed by atoms with van der Waals surface area (Å²) in [7, 11) is 0. The van der Waals surface area contributed by atoms with Gasteiger partial charge in [-0.25, -0.2) is 0 Å². The molecule has 2 aromatic carbocycles. The van der Waals surface area contributed by atoms with Crippen molar-refractivity contribution in [3.05, 3.63) is 60.2 Å². The van der Waals surface area contributed by atoms with Gasteiger partial charge in [-0.15, -0.1) is 0 Å². The van der Waals surface area contributed by atoms with Gasteiger partial charge in [0, 0.05) is 18.5 Å². The molecule has 1 aliphatic rings. The van der Waals surface area contributed by atoms with Crippen molar-refractivity contribution >= 4 is 23.2 Å². The Labute approximate surface area is 129 Å². The van der Waals surface area contributed by atoms with E-state index in [1.165, 1.54) is 0 Å². The van der Waals surface area contributed by atoms with E-state index in [9.17, 15) is 9.59 Å². The highest BCUT2D eigenvalue weighted by Gasteiger charge is 2.22. The van der Waals surface area contributed by atoms with E-state index >= 15 is 0 Å². The molecule has 0 spiro atoms. The van der Waals surface area contributed by atoms with E-state index in [1.807, 2.05) is 42.5 Å². The SMILES string of the molecule is O=C(Nc1ccccc1N1CCCCC1=O)c1ccccc1. The van der Waals surface area contributed by atoms with Crippen molar-refractivity contribution in [2.75, 3.05) is 16.8 Å². The Morgan fingerprint density at radius 2 is 1.68 bits per heavy atom. The lowest BCUT2D eigenvalue weighted by molar-refractivity contribution is -0.119. The lowest BCUT2D eigenvalue weighted by Crippen LogP contribution is -2.35. The number of benzene rings is 2. The van der Waals surface area contributed by atoms with Gasteiger partial charge in [0.2, 0.25) is 5.91 Å². The number of rotatable bonds is 3. The molecular formula is C18H18N2O2. The second-order valence-electron chi connectivity index (χ2n) is 5.34. The van der Waals surface area contributed by atoms with Gasteiger partial charge >= 0.3 is 0 Å². The third kappa shape index (κ3) is 3.01. The Balaban J connectivity index is 1.85. The van der Waals surface area contributed by atoms with Gasteiger partial charge in [0.1, 0.15) is 0 Å². The van der Waals surface area contributed by atoms with Crippen LogP contribution in [-0.2, 0) is 4.79 Å². The van der Waals surface area contributed by atoms with Crippen LogP contribution >= 0.6 is 0 Å². The van der Waals surface area contributed by atoms with Crippen LogP contribution in [0.4, 0.5) is 11.4 Å². The van der Waals surface area contributed by atoms with E-state index in [0.29, 0.717) is 24.2 Å². The van der Waals surface area contributed by atoms with Gasteiger partial charge in [0.05, 0.1) is 11.4 Å². The number of hydrogen-bond donors (Lipinski definition) is 1. The summed E-state index contributed by atoms with van der Waals surface area (Å²) in [6.07, 6.45) is 2.50. The highest BCUT2D eigenvalue weighted by atomic mass is 16.2. The molecule has 2 amide bonds. The monoisotopic (exact) mass is 294 g/mol. The van der Waals surface area contributed by atoms with Crippen LogP contribution in [0, 0.1) is 0 Å². The molecule has 1 aliphatic heterocycles. The van der Waals surface area contributed by atoms with Crippen LogP contribution in [0.25, 0.3) is 0 Å². The molecule has 0 aliphatic carbocycles. The zero-order chi connectivity index (χ0) is 15.4. The predicted octanol–water partition coefficient (Wildman–Crippen LogP) is 3.46. The Morgan fingerprint density at radius 1 is 0.955 bits per heavy atom. The fourth-order valence-corrected chi connectivity index (χ4v) is 2.66. The predicted molar refractivity (Wildman–Crippen MR) is 87.0 cm³/mol. The second-order valence-corrected chi connectivity index (χ2v) is 5.34. The van der Waals surface area contributed by atoms with E-state index in [1.54, 1.807) is 17.0 Å². The molecule has 0 unspecified atom stereocenters. The minimum atomic E-state index is -0.169. The van der Waals surface area contributed by atoms with Crippen molar-refractivity contribution in [2.45, 2.75) is 19.3 Å². The number of nitrogens with one attached hydrogen (secondary N) is 1. The lowest BCUT2D eigenvalue weighted by Gasteiger charge is -2.28. The number of hydrogen-bond acceptors (Lipinski definition) is 2. The first kappa shape index (κ1) is 14.3. The highest BCUT2D eigenvalue weighted by molar-refractivity contribution is 6.07. The number of para-hydroxylation sites is 2. The minimum Gasteiger partial charge on any atom is -0.320 e. The van der Waals surface area contributed by atoms with E-state index in [2.05, 4.69) is 5.32 Å². The van der Waals surface area contributed by atoms with Crippen molar-refractivity contribution in [2.24, 2.45) is 0 Å². The molecule has 4 heteroatoms. The lowest BCUT2D eigenvalue weighted by atomic mass is 10.1. The number of nitrogens with zero attached hydrogens (tertiary/aromatic N) is 1. The number of carbonyl (C=O) groups is 2. The summed E-state index contributed by atoms with van der Waals surface area (Å²) in [5.74, 6) is -0.0508. The molecule has 1 fully saturated rings. The molecule has 0 bridgehead atoms. The minimum absolute atomic E-state index is 0.118. The smallest absolute Gasteiger partial charge is 0.255 e. The van der Waals surface area contributed by atoms with Crippen molar-refractivity contribution in [3.63, 3.8) is 0 Å². The van der Waals surface area contributed by atoms with E-state index in [-0.39, 0.29) is 11.8 Å². The molecule has 1 N–H and O–H groups in total. The average molecular weight is 294 g/mol. The maximum atomic E-state index is 12.3. The molecule has 1 heterocycles. The number of amides is 2. The first-order chi connectivity index (χ1) is 10.8. The standard InChI is InChI=1S/C18H18N2O2/c21-17-12-6-7-13-20(17)16-11-5-4-10-15(16)19-18(22)14-8-2-1-3-9-14/h1-5,8-11H,6-7,12-13H2,(H,19,22). The fraction of sp³-hybridized carbons (Fsp3) is 0.222. The molecule has 1 saturated heterocycles. The van der Waals surface area contributed by atoms with Crippen LogP contribution in [0.1, 0.15) is 29.6 Å². The molecule has 0 radical (unpaired) electrons. The second kappa shape index (κ2) is 6.43. The van der Waals surface area contributed by atoms with Crippen LogP contribution in [0.3, 0.4) is 0 Å². The molecule has 0 atom stereocenters. The molecule has 3 rings (SSSR count). The average Bonchev–Trinajstić information content (AvgIpc) is 2.57. The van der Waals surface area contributed by atoms with Crippen LogP contribution in [0.5, 0.6) is 0 Å². The van der Waals surface area contributed by atoms with E-state index < -0.39 is 0 Å². The Kier molecular flexibility index (Phi) is 4.19. The maximum Gasteiger partial charge on any atom is 0.255 e. The molecule has 22 heavy (non-hydrogen) atoms. The first-order valence-electron chi connectivity index (χ1n) is 7.51. The quantitative estimate of drug-likeness (QED) is 0.942. The van der Waals surface area contributed by atoms with Crippen molar-refractivity contribution in [1.82, 2.24) is 0 Å². The van der Waals surface area contributed by atoms with Crippen molar-refractivity contribution < 1.29 is 9.59 Å². The van der Waals surface area contributed by atoms with Crippen LogP contribution in [-0.4, -0.2) is 18.4 Å². The van der Waals surface area contributed by atoms with Crippen LogP contribution in [0.15, 0.2) is 54.6 Å². The Hall–Kier alpha value is -2.62. The van der Waals surface area contributed by atoms with Gasteiger partial charge in [-0.05, 0) is 37.1 Å². The molecule has 2 aromatic rings. The van der Waals surface area contributed by atoms with Gasteiger partial charge in [0.15, 0.2) is 0 Å². The molecular weight excluding hydrogens is 276 g/mol. The summed E-state index contributed by atoms with van der Waals surface area (Å²) in [5.41, 5.74) is 2.05. The highest BCUT2D eigenvalue weighted by Crippen LogP contribution is 2.29. The Morgan fingerprint density at radius 3 is 2.45 bits per heavy atom. The van der Waals surface area contributed by atoms with Crippen molar-refractivity contribution in [3.8, 4) is 0 Å². The third-order valence-electron chi connectivity index (χ3n) is 3.80. The number of anilines is 2. The number of carbonyl (C=O) groups excluding carboxylic acids is 2.